The third-order valence-electron chi connectivity index (χ3n) is 6.89. The zero-order valence-corrected chi connectivity index (χ0v) is 21.8. The van der Waals surface area contributed by atoms with Crippen LogP contribution >= 0.6 is 11.3 Å². The number of carbonyl (C=O) groups is 1. The molecule has 3 aromatic carbocycles. The van der Waals surface area contributed by atoms with Crippen LogP contribution in [0.15, 0.2) is 75.8 Å². The van der Waals surface area contributed by atoms with E-state index in [4.69, 9.17) is 0 Å². The molecule has 2 N–H and O–H groups in total. The molecule has 38 heavy (non-hydrogen) atoms. The quantitative estimate of drug-likeness (QED) is 0.303. The highest BCUT2D eigenvalue weighted by atomic mass is 32.1. The van der Waals surface area contributed by atoms with Gasteiger partial charge in [0.2, 0.25) is 0 Å². The lowest BCUT2D eigenvalue weighted by atomic mass is 10.1. The van der Waals surface area contributed by atoms with Gasteiger partial charge in [0.25, 0.3) is 16.8 Å². The van der Waals surface area contributed by atoms with Gasteiger partial charge < -0.3 is 20.4 Å². The fraction of sp³-hybridized carbons (Fsp3) is 0.172. The van der Waals surface area contributed by atoms with Gasteiger partial charge in [-0.15, -0.1) is 11.3 Å². The van der Waals surface area contributed by atoms with Crippen molar-refractivity contribution in [2.24, 2.45) is 0 Å². The van der Waals surface area contributed by atoms with Crippen molar-refractivity contribution in [2.45, 2.75) is 13.0 Å². The van der Waals surface area contributed by atoms with E-state index in [-0.39, 0.29) is 5.91 Å². The van der Waals surface area contributed by atoms with Crippen molar-refractivity contribution < 1.29 is 4.79 Å². The van der Waals surface area contributed by atoms with Gasteiger partial charge in [0.05, 0.1) is 11.2 Å². The number of fused-ring (bicyclic) bond motifs is 2. The number of nitrogens with one attached hydrogen (secondary N) is 2. The van der Waals surface area contributed by atoms with E-state index >= 15 is 0 Å². The lowest BCUT2D eigenvalue weighted by molar-refractivity contribution is 0.103. The maximum absolute atomic E-state index is 13.2. The Morgan fingerprint density at radius 2 is 1.92 bits per heavy atom. The number of benzene rings is 2. The Labute approximate surface area is 222 Å². The first-order valence-corrected chi connectivity index (χ1v) is 13.2. The van der Waals surface area contributed by atoms with Crippen molar-refractivity contribution in [3.05, 3.63) is 103 Å². The third kappa shape index (κ3) is 4.01. The van der Waals surface area contributed by atoms with Crippen LogP contribution in [0, 0.1) is 0 Å². The SMILES string of the molecule is CN(C)c1c(N2CCc3cc(NC(=O)c4sccc4NCc4ccnc5ccccc45)ccc32)c(=O)c1=O. The normalized spacial score (nSPS) is 12.6. The third-order valence-corrected chi connectivity index (χ3v) is 7.80. The molecule has 0 spiro atoms. The Balaban J connectivity index is 1.18. The molecule has 0 radical (unpaired) electrons. The average molecular weight is 524 g/mol. The lowest BCUT2D eigenvalue weighted by Gasteiger charge is -2.26. The largest absolute Gasteiger partial charge is 0.380 e. The Bertz CT molecular complexity index is 1760. The monoisotopic (exact) mass is 523 g/mol. The molecule has 8 nitrogen and oxygen atoms in total. The maximum Gasteiger partial charge on any atom is 0.267 e. The predicted octanol–water partition coefficient (Wildman–Crippen LogP) is 4.52. The molecule has 9 heteroatoms. The number of aromatic nitrogens is 1. The summed E-state index contributed by atoms with van der Waals surface area (Å²) in [5, 5.41) is 9.41. The predicted molar refractivity (Wildman–Crippen MR) is 154 cm³/mol. The Kier molecular flexibility index (Phi) is 5.92. The van der Waals surface area contributed by atoms with Crippen molar-refractivity contribution in [1.29, 1.82) is 0 Å². The van der Waals surface area contributed by atoms with E-state index in [0.29, 0.717) is 35.0 Å². The second-order valence-corrected chi connectivity index (χ2v) is 10.4. The van der Waals surface area contributed by atoms with Gasteiger partial charge in [0.15, 0.2) is 0 Å². The second-order valence-electron chi connectivity index (χ2n) is 9.45. The van der Waals surface area contributed by atoms with Crippen LogP contribution in [0.2, 0.25) is 0 Å². The van der Waals surface area contributed by atoms with Gasteiger partial charge in [0, 0.05) is 50.1 Å². The summed E-state index contributed by atoms with van der Waals surface area (Å²) in [4.78, 5) is 46.2. The average Bonchev–Trinajstić information content (AvgIpc) is 3.56. The van der Waals surface area contributed by atoms with Gasteiger partial charge >= 0.3 is 0 Å². The minimum absolute atomic E-state index is 0.186. The van der Waals surface area contributed by atoms with E-state index in [1.807, 2.05) is 64.9 Å². The van der Waals surface area contributed by atoms with Gasteiger partial charge in [-0.1, -0.05) is 18.2 Å². The summed E-state index contributed by atoms with van der Waals surface area (Å²) in [7, 11) is 3.53. The van der Waals surface area contributed by atoms with E-state index in [0.717, 1.165) is 39.8 Å². The molecule has 2 aromatic heterocycles. The Morgan fingerprint density at radius 3 is 2.76 bits per heavy atom. The van der Waals surface area contributed by atoms with E-state index in [1.54, 1.807) is 25.2 Å². The molecule has 0 aliphatic carbocycles. The first kappa shape index (κ1) is 23.9. The summed E-state index contributed by atoms with van der Waals surface area (Å²) in [5.41, 5.74) is 5.42. The summed E-state index contributed by atoms with van der Waals surface area (Å²) in [6.45, 7) is 1.18. The van der Waals surface area contributed by atoms with Gasteiger partial charge in [-0.3, -0.25) is 19.4 Å². The molecule has 0 unspecified atom stereocenters. The van der Waals surface area contributed by atoms with Gasteiger partial charge in [-0.25, -0.2) is 0 Å². The van der Waals surface area contributed by atoms with Crippen molar-refractivity contribution in [1.82, 2.24) is 4.98 Å². The molecule has 0 saturated heterocycles. The van der Waals surface area contributed by atoms with E-state index < -0.39 is 10.9 Å². The highest BCUT2D eigenvalue weighted by Crippen LogP contribution is 2.38. The highest BCUT2D eigenvalue weighted by Gasteiger charge is 2.32. The summed E-state index contributed by atoms with van der Waals surface area (Å²) in [5.74, 6) is -0.186. The van der Waals surface area contributed by atoms with E-state index in [2.05, 4.69) is 15.6 Å². The fourth-order valence-corrected chi connectivity index (χ4v) is 5.82. The van der Waals surface area contributed by atoms with Gasteiger partial charge in [-0.05, 0) is 59.3 Å². The number of nitrogens with zero attached hydrogens (tertiary/aromatic N) is 3. The molecule has 1 amide bonds. The molecule has 5 aromatic rings. The number of amides is 1. The molecular formula is C29H25N5O3S. The van der Waals surface area contributed by atoms with Gasteiger partial charge in [-0.2, -0.15) is 0 Å². The molecule has 190 valence electrons. The molecule has 6 rings (SSSR count). The Hall–Kier alpha value is -4.50. The molecule has 1 aliphatic heterocycles. The zero-order chi connectivity index (χ0) is 26.4. The van der Waals surface area contributed by atoms with Crippen LogP contribution in [0.4, 0.5) is 28.4 Å². The number of pyridine rings is 1. The molecule has 0 atom stereocenters. The van der Waals surface area contributed by atoms with E-state index in [9.17, 15) is 14.4 Å². The molecule has 0 bridgehead atoms. The van der Waals surface area contributed by atoms with Crippen LogP contribution < -0.4 is 31.3 Å². The van der Waals surface area contributed by atoms with Crippen molar-refractivity contribution >= 4 is 56.6 Å². The molecular weight excluding hydrogens is 498 g/mol. The molecule has 1 aliphatic rings. The van der Waals surface area contributed by atoms with Crippen LogP contribution in [0.3, 0.4) is 0 Å². The zero-order valence-electron chi connectivity index (χ0n) is 20.9. The second kappa shape index (κ2) is 9.42. The maximum atomic E-state index is 13.2. The van der Waals surface area contributed by atoms with E-state index in [1.165, 1.54) is 11.3 Å². The number of para-hydroxylation sites is 1. The summed E-state index contributed by atoms with van der Waals surface area (Å²) in [6.07, 6.45) is 2.52. The van der Waals surface area contributed by atoms with Crippen molar-refractivity contribution in [3.8, 4) is 0 Å². The first-order valence-electron chi connectivity index (χ1n) is 12.3. The topological polar surface area (TPSA) is 94.6 Å². The number of carbonyl (C=O) groups excluding carboxylic acids is 1. The van der Waals surface area contributed by atoms with Crippen LogP contribution in [-0.4, -0.2) is 31.5 Å². The number of hydrogen-bond donors (Lipinski definition) is 2. The van der Waals surface area contributed by atoms with Crippen LogP contribution in [0.1, 0.15) is 20.8 Å². The smallest absolute Gasteiger partial charge is 0.267 e. The van der Waals surface area contributed by atoms with Crippen molar-refractivity contribution in [2.75, 3.05) is 41.1 Å². The highest BCUT2D eigenvalue weighted by molar-refractivity contribution is 7.12. The van der Waals surface area contributed by atoms with Crippen LogP contribution in [0.25, 0.3) is 10.9 Å². The number of hydrogen-bond acceptors (Lipinski definition) is 8. The standard InChI is InChI=1S/C29H25N5O3S/c1-33(2)24-25(27(36)26(24)35)34-13-10-17-15-19(7-8-23(17)34)32-29(37)28-22(11-14-38-28)31-16-18-9-12-30-21-6-4-3-5-20(18)21/h3-9,11-12,14-15,31H,10,13,16H2,1-2H3,(H,32,37). The minimum atomic E-state index is -0.448. The number of rotatable bonds is 7. The molecule has 0 fully saturated rings. The number of thiophene rings is 1. The first-order chi connectivity index (χ1) is 18.4. The number of anilines is 5. The lowest BCUT2D eigenvalue weighted by Crippen LogP contribution is -2.42. The van der Waals surface area contributed by atoms with Crippen LogP contribution in [-0.2, 0) is 13.0 Å². The fourth-order valence-electron chi connectivity index (χ4n) is 5.06. The summed E-state index contributed by atoms with van der Waals surface area (Å²) < 4.78 is 0. The van der Waals surface area contributed by atoms with Gasteiger partial charge in [0.1, 0.15) is 16.3 Å². The molecule has 3 heterocycles. The van der Waals surface area contributed by atoms with Crippen LogP contribution in [0.5, 0.6) is 0 Å². The minimum Gasteiger partial charge on any atom is -0.380 e. The molecule has 0 saturated carbocycles. The summed E-state index contributed by atoms with van der Waals surface area (Å²) >= 11 is 1.38. The Morgan fingerprint density at radius 1 is 1.08 bits per heavy atom. The van der Waals surface area contributed by atoms with Crippen molar-refractivity contribution in [3.63, 3.8) is 0 Å². The summed E-state index contributed by atoms with van der Waals surface area (Å²) in [6, 6.07) is 17.6.